The van der Waals surface area contributed by atoms with Crippen molar-refractivity contribution in [3.05, 3.63) is 23.5 Å². The summed E-state index contributed by atoms with van der Waals surface area (Å²) in [4.78, 5) is 5.86. The number of halogens is 1. The molecule has 2 aliphatic rings. The van der Waals surface area contributed by atoms with Crippen LogP contribution in [-0.4, -0.2) is 14.7 Å². The van der Waals surface area contributed by atoms with Crippen molar-refractivity contribution in [3.63, 3.8) is 0 Å². The summed E-state index contributed by atoms with van der Waals surface area (Å²) in [6.45, 7) is 0. The van der Waals surface area contributed by atoms with Gasteiger partial charge in [-0.1, -0.05) is 15.9 Å². The van der Waals surface area contributed by atoms with Crippen molar-refractivity contribution < 1.29 is 0 Å². The normalized spacial score (nSPS) is 35.4. The van der Waals surface area contributed by atoms with E-state index in [4.69, 9.17) is 4.98 Å². The SMILES string of the molecule is BrCC1(Cc2cn3ccsc3n2)CC2CC2C1. The van der Waals surface area contributed by atoms with Gasteiger partial charge in [-0.3, -0.25) is 4.40 Å². The molecule has 17 heavy (non-hydrogen) atoms. The molecule has 2 unspecified atom stereocenters. The van der Waals surface area contributed by atoms with Crippen LogP contribution < -0.4 is 0 Å². The number of fused-ring (bicyclic) bond motifs is 2. The molecule has 2 nitrogen and oxygen atoms in total. The molecule has 0 saturated heterocycles. The Balaban J connectivity index is 1.61. The zero-order valence-electron chi connectivity index (χ0n) is 9.60. The molecule has 0 aliphatic heterocycles. The fraction of sp³-hybridized carbons (Fsp3) is 0.615. The summed E-state index contributed by atoms with van der Waals surface area (Å²) in [6, 6.07) is 0. The van der Waals surface area contributed by atoms with E-state index in [2.05, 4.69) is 38.1 Å². The Morgan fingerprint density at radius 2 is 2.29 bits per heavy atom. The van der Waals surface area contributed by atoms with E-state index in [1.807, 2.05) is 0 Å². The summed E-state index contributed by atoms with van der Waals surface area (Å²) in [5.74, 6) is 2.08. The number of hydrogen-bond donors (Lipinski definition) is 0. The van der Waals surface area contributed by atoms with Crippen molar-refractivity contribution in [2.24, 2.45) is 17.3 Å². The van der Waals surface area contributed by atoms with Gasteiger partial charge in [-0.2, -0.15) is 0 Å². The van der Waals surface area contributed by atoms with E-state index in [1.54, 1.807) is 11.3 Å². The van der Waals surface area contributed by atoms with Crippen LogP contribution in [0.1, 0.15) is 25.0 Å². The van der Waals surface area contributed by atoms with E-state index in [0.29, 0.717) is 5.41 Å². The Bertz CT molecular complexity index is 520. The van der Waals surface area contributed by atoms with Crippen LogP contribution >= 0.6 is 27.3 Å². The molecule has 0 spiro atoms. The van der Waals surface area contributed by atoms with Crippen LogP contribution in [0.5, 0.6) is 0 Å². The molecule has 2 saturated carbocycles. The van der Waals surface area contributed by atoms with Crippen LogP contribution in [0.3, 0.4) is 0 Å². The first kappa shape index (κ1) is 10.6. The molecule has 2 fully saturated rings. The summed E-state index contributed by atoms with van der Waals surface area (Å²) in [5, 5.41) is 3.23. The monoisotopic (exact) mass is 310 g/mol. The number of rotatable bonds is 3. The average molecular weight is 311 g/mol. The zero-order valence-corrected chi connectivity index (χ0v) is 12.0. The lowest BCUT2D eigenvalue weighted by Gasteiger charge is -2.27. The average Bonchev–Trinajstić information content (AvgIpc) is 2.71. The number of aromatic nitrogens is 2. The minimum absolute atomic E-state index is 0.498. The number of thiazole rings is 1. The van der Waals surface area contributed by atoms with Gasteiger partial charge in [-0.25, -0.2) is 4.98 Å². The van der Waals surface area contributed by atoms with Crippen LogP contribution in [0.15, 0.2) is 17.8 Å². The highest BCUT2D eigenvalue weighted by atomic mass is 79.9. The van der Waals surface area contributed by atoms with E-state index in [1.165, 1.54) is 25.0 Å². The Hall–Kier alpha value is -0.350. The Kier molecular flexibility index (Phi) is 2.22. The van der Waals surface area contributed by atoms with Gasteiger partial charge >= 0.3 is 0 Å². The second kappa shape index (κ2) is 3.58. The fourth-order valence-electron chi connectivity index (χ4n) is 3.55. The molecule has 4 rings (SSSR count). The Morgan fingerprint density at radius 1 is 1.47 bits per heavy atom. The first-order valence-electron chi connectivity index (χ1n) is 6.25. The van der Waals surface area contributed by atoms with E-state index >= 15 is 0 Å². The summed E-state index contributed by atoms with van der Waals surface area (Å²) < 4.78 is 2.15. The fourth-order valence-corrected chi connectivity index (χ4v) is 4.93. The molecule has 0 N–H and O–H groups in total. The molecule has 0 radical (unpaired) electrons. The second-order valence-corrected chi connectivity index (χ2v) is 7.23. The van der Waals surface area contributed by atoms with E-state index < -0.39 is 0 Å². The van der Waals surface area contributed by atoms with Gasteiger partial charge in [0.2, 0.25) is 0 Å². The van der Waals surface area contributed by atoms with Gasteiger partial charge in [0.05, 0.1) is 5.69 Å². The Morgan fingerprint density at radius 3 is 3.00 bits per heavy atom. The lowest BCUT2D eigenvalue weighted by atomic mass is 9.81. The Labute approximate surface area is 113 Å². The molecular formula is C13H15BrN2S. The van der Waals surface area contributed by atoms with Gasteiger partial charge in [-0.15, -0.1) is 11.3 Å². The lowest BCUT2D eigenvalue weighted by molar-refractivity contribution is 0.305. The van der Waals surface area contributed by atoms with Crippen molar-refractivity contribution in [2.45, 2.75) is 25.7 Å². The molecule has 2 atom stereocenters. The topological polar surface area (TPSA) is 17.3 Å². The molecule has 0 amide bonds. The van der Waals surface area contributed by atoms with Crippen LogP contribution in [0.4, 0.5) is 0 Å². The largest absolute Gasteiger partial charge is 0.297 e. The molecule has 4 heteroatoms. The quantitative estimate of drug-likeness (QED) is 0.789. The van der Waals surface area contributed by atoms with Gasteiger partial charge in [0, 0.05) is 23.1 Å². The third-order valence-corrected chi connectivity index (χ3v) is 6.40. The number of imidazole rings is 1. The lowest BCUT2D eigenvalue weighted by Crippen LogP contribution is -2.23. The summed E-state index contributed by atoms with van der Waals surface area (Å²) in [6.07, 6.45) is 9.78. The third-order valence-electron chi connectivity index (χ3n) is 4.44. The second-order valence-electron chi connectivity index (χ2n) is 5.80. The summed E-state index contributed by atoms with van der Waals surface area (Å²) in [5.41, 5.74) is 1.77. The zero-order chi connectivity index (χ0) is 11.5. The van der Waals surface area contributed by atoms with Crippen LogP contribution in [-0.2, 0) is 6.42 Å². The van der Waals surface area contributed by atoms with Gasteiger partial charge in [0.1, 0.15) is 0 Å². The van der Waals surface area contributed by atoms with Crippen molar-refractivity contribution >= 4 is 32.2 Å². The number of hydrogen-bond acceptors (Lipinski definition) is 2. The highest BCUT2D eigenvalue weighted by molar-refractivity contribution is 9.09. The predicted octanol–water partition coefficient (Wildman–Crippen LogP) is 3.75. The van der Waals surface area contributed by atoms with Crippen molar-refractivity contribution in [2.75, 3.05) is 5.33 Å². The first-order valence-corrected chi connectivity index (χ1v) is 8.25. The first-order chi connectivity index (χ1) is 8.28. The van der Waals surface area contributed by atoms with Gasteiger partial charge in [0.15, 0.2) is 4.96 Å². The van der Waals surface area contributed by atoms with E-state index in [-0.39, 0.29) is 0 Å². The smallest absolute Gasteiger partial charge is 0.193 e. The minimum Gasteiger partial charge on any atom is -0.297 e. The van der Waals surface area contributed by atoms with Crippen LogP contribution in [0.2, 0.25) is 0 Å². The van der Waals surface area contributed by atoms with E-state index in [9.17, 15) is 0 Å². The van der Waals surface area contributed by atoms with Gasteiger partial charge in [-0.05, 0) is 42.9 Å². The maximum absolute atomic E-state index is 4.73. The molecule has 90 valence electrons. The molecule has 2 heterocycles. The molecular weight excluding hydrogens is 296 g/mol. The minimum atomic E-state index is 0.498. The van der Waals surface area contributed by atoms with Crippen LogP contribution in [0, 0.1) is 17.3 Å². The maximum atomic E-state index is 4.73. The number of alkyl halides is 1. The van der Waals surface area contributed by atoms with Gasteiger partial charge < -0.3 is 0 Å². The molecule has 2 aromatic heterocycles. The van der Waals surface area contributed by atoms with Crippen molar-refractivity contribution in [3.8, 4) is 0 Å². The molecule has 2 aliphatic carbocycles. The highest BCUT2D eigenvalue weighted by Crippen LogP contribution is 2.61. The van der Waals surface area contributed by atoms with Gasteiger partial charge in [0.25, 0.3) is 0 Å². The highest BCUT2D eigenvalue weighted by Gasteiger charge is 2.53. The van der Waals surface area contributed by atoms with Crippen LogP contribution in [0.25, 0.3) is 4.96 Å². The molecule has 0 bridgehead atoms. The van der Waals surface area contributed by atoms with Crippen molar-refractivity contribution in [1.29, 1.82) is 0 Å². The summed E-state index contributed by atoms with van der Waals surface area (Å²) >= 11 is 5.46. The molecule has 2 aromatic rings. The van der Waals surface area contributed by atoms with Crippen molar-refractivity contribution in [1.82, 2.24) is 9.38 Å². The molecule has 0 aromatic carbocycles. The number of nitrogens with zero attached hydrogens (tertiary/aromatic N) is 2. The summed E-state index contributed by atoms with van der Waals surface area (Å²) in [7, 11) is 0. The third kappa shape index (κ3) is 1.68. The predicted molar refractivity (Wildman–Crippen MR) is 73.8 cm³/mol. The standard InChI is InChI=1S/C13H15BrN2S/c14-8-13(4-9-3-10(9)5-13)6-11-7-16-1-2-17-12(16)15-11/h1-2,7,9-10H,3-6,8H2. The van der Waals surface area contributed by atoms with E-state index in [0.717, 1.165) is 28.5 Å². The maximum Gasteiger partial charge on any atom is 0.193 e.